The summed E-state index contributed by atoms with van der Waals surface area (Å²) in [5.41, 5.74) is 1.27. The van der Waals surface area contributed by atoms with Gasteiger partial charge in [0, 0.05) is 25.2 Å². The van der Waals surface area contributed by atoms with Crippen molar-refractivity contribution in [2.24, 2.45) is 5.41 Å². The molecule has 1 saturated heterocycles. The molecule has 1 aliphatic heterocycles. The van der Waals surface area contributed by atoms with Crippen LogP contribution in [0.4, 0.5) is 4.39 Å². The molecule has 0 aromatic heterocycles. The average molecular weight is 263 g/mol. The van der Waals surface area contributed by atoms with Crippen molar-refractivity contribution in [2.45, 2.75) is 31.1 Å². The Hall–Kier alpha value is -0.930. The van der Waals surface area contributed by atoms with E-state index in [-0.39, 0.29) is 11.2 Å². The summed E-state index contributed by atoms with van der Waals surface area (Å²) in [5, 5.41) is 3.26. The number of benzene rings is 1. The summed E-state index contributed by atoms with van der Waals surface area (Å²) in [4.78, 5) is 0. The second-order valence-corrected chi connectivity index (χ2v) is 6.26. The van der Waals surface area contributed by atoms with E-state index in [9.17, 15) is 4.39 Å². The molecular formula is C16H22FNO. The molecule has 104 valence electrons. The minimum absolute atomic E-state index is 0.0164. The molecule has 2 fully saturated rings. The predicted molar refractivity (Wildman–Crippen MR) is 73.7 cm³/mol. The van der Waals surface area contributed by atoms with Crippen LogP contribution in [0.15, 0.2) is 24.3 Å². The molecular weight excluding hydrogens is 241 g/mol. The van der Waals surface area contributed by atoms with E-state index in [4.69, 9.17) is 4.74 Å². The van der Waals surface area contributed by atoms with Crippen molar-refractivity contribution in [3.05, 3.63) is 35.6 Å². The van der Waals surface area contributed by atoms with Crippen LogP contribution in [0.5, 0.6) is 0 Å². The van der Waals surface area contributed by atoms with Crippen molar-refractivity contribution in [1.29, 1.82) is 0 Å². The van der Waals surface area contributed by atoms with Gasteiger partial charge in [0.15, 0.2) is 0 Å². The van der Waals surface area contributed by atoms with E-state index in [2.05, 4.69) is 5.32 Å². The van der Waals surface area contributed by atoms with Gasteiger partial charge < -0.3 is 10.1 Å². The van der Waals surface area contributed by atoms with E-state index in [0.717, 1.165) is 51.0 Å². The third-order valence-corrected chi connectivity index (χ3v) is 4.94. The molecule has 0 unspecified atom stereocenters. The summed E-state index contributed by atoms with van der Waals surface area (Å²) in [6, 6.07) is 7.26. The van der Waals surface area contributed by atoms with Gasteiger partial charge in [0.2, 0.25) is 0 Å². The number of rotatable bonds is 3. The van der Waals surface area contributed by atoms with Gasteiger partial charge in [-0.05, 0) is 49.8 Å². The van der Waals surface area contributed by atoms with Gasteiger partial charge in [-0.15, -0.1) is 0 Å². The number of hydrogen-bond donors (Lipinski definition) is 1. The van der Waals surface area contributed by atoms with Gasteiger partial charge in [0.1, 0.15) is 5.82 Å². The van der Waals surface area contributed by atoms with Crippen molar-refractivity contribution >= 4 is 0 Å². The van der Waals surface area contributed by atoms with Crippen LogP contribution in [0, 0.1) is 11.2 Å². The highest BCUT2D eigenvalue weighted by Gasteiger charge is 2.55. The number of nitrogens with one attached hydrogen (secondary N) is 1. The van der Waals surface area contributed by atoms with E-state index in [0.29, 0.717) is 5.41 Å². The monoisotopic (exact) mass is 263 g/mol. The first-order chi connectivity index (χ1) is 9.20. The molecule has 0 radical (unpaired) electrons. The molecule has 2 aliphatic rings. The lowest BCUT2D eigenvalue weighted by molar-refractivity contribution is -0.0741. The van der Waals surface area contributed by atoms with Gasteiger partial charge in [-0.25, -0.2) is 4.39 Å². The standard InChI is InChI=1S/C16H22FNO/c1-18-12-16(13-4-2-3-5-14(13)17)10-15(11-16)6-8-19-9-7-15/h2-5,18H,6-12H2,1H3. The van der Waals surface area contributed by atoms with Crippen LogP contribution >= 0.6 is 0 Å². The fraction of sp³-hybridized carbons (Fsp3) is 0.625. The van der Waals surface area contributed by atoms with Crippen LogP contribution in [0.1, 0.15) is 31.2 Å². The highest BCUT2D eigenvalue weighted by atomic mass is 19.1. The lowest BCUT2D eigenvalue weighted by Crippen LogP contribution is -2.56. The zero-order valence-electron chi connectivity index (χ0n) is 11.5. The fourth-order valence-electron chi connectivity index (χ4n) is 4.18. The maximum absolute atomic E-state index is 14.1. The van der Waals surface area contributed by atoms with Gasteiger partial charge in [-0.3, -0.25) is 0 Å². The molecule has 3 heteroatoms. The molecule has 0 amide bonds. The Morgan fingerprint density at radius 3 is 2.53 bits per heavy atom. The molecule has 2 nitrogen and oxygen atoms in total. The Morgan fingerprint density at radius 1 is 1.21 bits per heavy atom. The third-order valence-electron chi connectivity index (χ3n) is 4.94. The van der Waals surface area contributed by atoms with Crippen LogP contribution in [0.25, 0.3) is 0 Å². The average Bonchev–Trinajstić information content (AvgIpc) is 2.38. The maximum atomic E-state index is 14.1. The number of ether oxygens (including phenoxy) is 1. The molecule has 1 aromatic rings. The molecule has 1 heterocycles. The molecule has 0 bridgehead atoms. The molecule has 0 atom stereocenters. The fourth-order valence-corrected chi connectivity index (χ4v) is 4.18. The first kappa shape index (κ1) is 13.1. The smallest absolute Gasteiger partial charge is 0.127 e. The van der Waals surface area contributed by atoms with Crippen molar-refractivity contribution in [2.75, 3.05) is 26.8 Å². The van der Waals surface area contributed by atoms with Gasteiger partial charge >= 0.3 is 0 Å². The highest BCUT2D eigenvalue weighted by Crippen LogP contribution is 2.60. The van der Waals surface area contributed by atoms with Crippen molar-refractivity contribution in [1.82, 2.24) is 5.32 Å². The summed E-state index contributed by atoms with van der Waals surface area (Å²) >= 11 is 0. The highest BCUT2D eigenvalue weighted by molar-refractivity contribution is 5.33. The van der Waals surface area contributed by atoms with E-state index in [1.807, 2.05) is 19.2 Å². The van der Waals surface area contributed by atoms with Gasteiger partial charge in [-0.2, -0.15) is 0 Å². The molecule has 1 spiro atoms. The van der Waals surface area contributed by atoms with Crippen molar-refractivity contribution in [3.8, 4) is 0 Å². The molecule has 19 heavy (non-hydrogen) atoms. The number of hydrogen-bond acceptors (Lipinski definition) is 2. The lowest BCUT2D eigenvalue weighted by Gasteiger charge is -2.58. The van der Waals surface area contributed by atoms with Gasteiger partial charge in [0.25, 0.3) is 0 Å². The lowest BCUT2D eigenvalue weighted by atomic mass is 9.48. The summed E-state index contributed by atoms with van der Waals surface area (Å²) in [6.07, 6.45) is 4.44. The summed E-state index contributed by atoms with van der Waals surface area (Å²) in [5.74, 6) is -0.0559. The molecule has 1 saturated carbocycles. The molecule has 1 N–H and O–H groups in total. The normalized spacial score (nSPS) is 24.1. The van der Waals surface area contributed by atoms with Crippen LogP contribution in [0.3, 0.4) is 0 Å². The first-order valence-electron chi connectivity index (χ1n) is 7.17. The Bertz CT molecular complexity index is 446. The quantitative estimate of drug-likeness (QED) is 0.905. The van der Waals surface area contributed by atoms with Crippen molar-refractivity contribution in [3.63, 3.8) is 0 Å². The minimum atomic E-state index is -0.0559. The SMILES string of the molecule is CNCC1(c2ccccc2F)CC2(CCOCC2)C1. The number of likely N-dealkylation sites (N-methyl/N-ethyl adjacent to an activating group) is 1. The minimum Gasteiger partial charge on any atom is -0.381 e. The zero-order valence-corrected chi connectivity index (χ0v) is 11.5. The summed E-state index contributed by atoms with van der Waals surface area (Å²) in [6.45, 7) is 2.59. The topological polar surface area (TPSA) is 21.3 Å². The summed E-state index contributed by atoms with van der Waals surface area (Å²) in [7, 11) is 1.96. The molecule has 1 aromatic carbocycles. The predicted octanol–water partition coefficient (Wildman–Crippen LogP) is 2.87. The second-order valence-electron chi connectivity index (χ2n) is 6.26. The molecule has 1 aliphatic carbocycles. The van der Waals surface area contributed by atoms with Crippen LogP contribution in [-0.4, -0.2) is 26.8 Å². The molecule has 3 rings (SSSR count). The van der Waals surface area contributed by atoms with Crippen LogP contribution < -0.4 is 5.32 Å². The van der Waals surface area contributed by atoms with Crippen molar-refractivity contribution < 1.29 is 9.13 Å². The maximum Gasteiger partial charge on any atom is 0.127 e. The zero-order chi connectivity index (χ0) is 13.3. The van der Waals surface area contributed by atoms with Crippen LogP contribution in [0.2, 0.25) is 0 Å². The van der Waals surface area contributed by atoms with Crippen LogP contribution in [-0.2, 0) is 10.2 Å². The Morgan fingerprint density at radius 2 is 1.89 bits per heavy atom. The second kappa shape index (κ2) is 4.88. The largest absolute Gasteiger partial charge is 0.381 e. The van der Waals surface area contributed by atoms with E-state index in [1.54, 1.807) is 12.1 Å². The van der Waals surface area contributed by atoms with Gasteiger partial charge in [-0.1, -0.05) is 18.2 Å². The third kappa shape index (κ3) is 2.19. The Labute approximate surface area is 114 Å². The Balaban J connectivity index is 1.85. The van der Waals surface area contributed by atoms with E-state index in [1.165, 1.54) is 0 Å². The first-order valence-corrected chi connectivity index (χ1v) is 7.17. The number of halogens is 1. The van der Waals surface area contributed by atoms with Gasteiger partial charge in [0.05, 0.1) is 0 Å². The summed E-state index contributed by atoms with van der Waals surface area (Å²) < 4.78 is 19.6. The Kier molecular flexibility index (Phi) is 3.35. The van der Waals surface area contributed by atoms with E-state index >= 15 is 0 Å². The van der Waals surface area contributed by atoms with E-state index < -0.39 is 0 Å².